The van der Waals surface area contributed by atoms with E-state index >= 15 is 0 Å². The van der Waals surface area contributed by atoms with Crippen molar-refractivity contribution in [2.24, 2.45) is 0 Å². The van der Waals surface area contributed by atoms with Gasteiger partial charge in [0, 0.05) is 9.47 Å². The number of ether oxygens (including phenoxy) is 1. The average molecular weight is 362 g/mol. The van der Waals surface area contributed by atoms with E-state index in [2.05, 4.69) is 84.1 Å². The third-order valence-electron chi connectivity index (χ3n) is 3.97. The van der Waals surface area contributed by atoms with E-state index in [4.69, 9.17) is 9.26 Å². The molecule has 0 aliphatic carbocycles. The van der Waals surface area contributed by atoms with Crippen LogP contribution in [0.4, 0.5) is 0 Å². The van der Waals surface area contributed by atoms with Crippen LogP contribution in [-0.4, -0.2) is 18.3 Å². The smallest absolute Gasteiger partial charge is 0.114 e. The molecule has 1 rings (SSSR count). The van der Waals surface area contributed by atoms with Gasteiger partial charge in [0.2, 0.25) is 0 Å². The van der Waals surface area contributed by atoms with Gasteiger partial charge in [0.15, 0.2) is 0 Å². The summed E-state index contributed by atoms with van der Waals surface area (Å²) in [5.74, 6) is 0. The molecule has 0 amide bonds. The number of allylic oxidation sites excluding steroid dienone is 8. The first-order chi connectivity index (χ1) is 12.3. The Balaban J connectivity index is 2.13. The number of epoxide rings is 1. The zero-order valence-corrected chi connectivity index (χ0v) is 17.0. The molecule has 2 nitrogen and oxygen atoms in total. The summed E-state index contributed by atoms with van der Waals surface area (Å²) >= 11 is 0. The van der Waals surface area contributed by atoms with Crippen molar-refractivity contribution < 1.29 is 9.26 Å². The topological polar surface area (TPSA) is 21.8 Å². The maximum atomic E-state index is 5.70. The molecule has 1 aliphatic heterocycles. The van der Waals surface area contributed by atoms with Crippen LogP contribution < -0.4 is 0 Å². The molecule has 1 heterocycles. The molecule has 0 aromatic rings. The third kappa shape index (κ3) is 11.3. The van der Waals surface area contributed by atoms with Crippen LogP contribution in [0.25, 0.3) is 0 Å². The minimum absolute atomic E-state index is 0.0354. The van der Waals surface area contributed by atoms with Crippen molar-refractivity contribution in [3.8, 4) is 0 Å². The lowest BCUT2D eigenvalue weighted by molar-refractivity contribution is 0.228. The lowest BCUT2D eigenvalue weighted by Gasteiger charge is -2.06. The number of hydrogen-bond acceptors (Lipinski definition) is 2. The highest BCUT2D eigenvalue weighted by Crippen LogP contribution is 2.32. The Bertz CT molecular complexity index is 463. The fraction of sp³-hybridized carbons (Fsp3) is 0.545. The van der Waals surface area contributed by atoms with E-state index < -0.39 is 0 Å². The molecule has 4 unspecified atom stereocenters. The molecule has 4 atom stereocenters. The second kappa shape index (κ2) is 15.3. The van der Waals surface area contributed by atoms with Gasteiger partial charge in [-0.3, -0.25) is 0 Å². The summed E-state index contributed by atoms with van der Waals surface area (Å²) < 4.78 is 11.2. The predicted octanol–water partition coefficient (Wildman–Crippen LogP) is 6.48. The lowest BCUT2D eigenvalue weighted by atomic mass is 10.1. The maximum absolute atomic E-state index is 5.70. The zero-order chi connectivity index (χ0) is 18.2. The first-order valence-electron chi connectivity index (χ1n) is 9.61. The summed E-state index contributed by atoms with van der Waals surface area (Å²) in [5.41, 5.74) is 0. The van der Waals surface area contributed by atoms with Crippen molar-refractivity contribution in [3.63, 3.8) is 0 Å². The van der Waals surface area contributed by atoms with Gasteiger partial charge in [-0.1, -0.05) is 81.0 Å². The van der Waals surface area contributed by atoms with Crippen molar-refractivity contribution >= 4 is 9.47 Å². The summed E-state index contributed by atoms with van der Waals surface area (Å²) in [6.45, 7) is 4.35. The first-order valence-corrected chi connectivity index (χ1v) is 10.1. The van der Waals surface area contributed by atoms with Gasteiger partial charge in [-0.15, -0.1) is 0 Å². The largest absolute Gasteiger partial charge is 0.366 e. The first kappa shape index (κ1) is 22.1. The van der Waals surface area contributed by atoms with Gasteiger partial charge < -0.3 is 9.26 Å². The molecule has 25 heavy (non-hydrogen) atoms. The van der Waals surface area contributed by atoms with Gasteiger partial charge in [0.1, 0.15) is 12.2 Å². The van der Waals surface area contributed by atoms with Crippen LogP contribution in [0.3, 0.4) is 0 Å². The summed E-state index contributed by atoms with van der Waals surface area (Å²) in [7, 11) is 2.36. The van der Waals surface area contributed by atoms with Gasteiger partial charge in [0.05, 0.1) is 6.10 Å². The predicted molar refractivity (Wildman–Crippen MR) is 113 cm³/mol. The molecule has 1 aliphatic rings. The van der Waals surface area contributed by atoms with E-state index in [1.807, 2.05) is 0 Å². The van der Waals surface area contributed by atoms with Crippen LogP contribution in [0.1, 0.15) is 58.8 Å². The van der Waals surface area contributed by atoms with Crippen molar-refractivity contribution in [2.75, 3.05) is 0 Å². The van der Waals surface area contributed by atoms with E-state index in [0.29, 0.717) is 6.10 Å². The fourth-order valence-corrected chi connectivity index (χ4v) is 2.72. The van der Waals surface area contributed by atoms with E-state index in [0.717, 1.165) is 32.1 Å². The molecule has 0 aromatic carbocycles. The molecule has 3 heteroatoms. The third-order valence-corrected chi connectivity index (χ3v) is 4.29. The monoisotopic (exact) mass is 362 g/mol. The van der Waals surface area contributed by atoms with Crippen LogP contribution in [-0.2, 0) is 9.26 Å². The molecule has 0 bridgehead atoms. The van der Waals surface area contributed by atoms with E-state index in [1.165, 1.54) is 12.8 Å². The van der Waals surface area contributed by atoms with E-state index in [9.17, 15) is 0 Å². The van der Waals surface area contributed by atoms with Crippen molar-refractivity contribution in [3.05, 3.63) is 60.8 Å². The molecule has 1 saturated heterocycles. The molecular formula is C22H35O2P. The molecule has 0 aromatic heterocycles. The van der Waals surface area contributed by atoms with E-state index in [1.54, 1.807) is 0 Å². The zero-order valence-electron chi connectivity index (χ0n) is 15.8. The normalized spacial score (nSPS) is 22.4. The van der Waals surface area contributed by atoms with Gasteiger partial charge in [-0.25, -0.2) is 0 Å². The number of rotatable bonds is 14. The highest BCUT2D eigenvalue weighted by atomic mass is 31.0. The molecule has 0 spiro atoms. The SMILES string of the molecule is CC/C=C\CC1OC1C(/C=C\C/C=C\C/C=C\C/C=C\CCC)OP. The van der Waals surface area contributed by atoms with Gasteiger partial charge in [-0.2, -0.15) is 0 Å². The fourth-order valence-electron chi connectivity index (χ4n) is 2.48. The second-order valence-corrected chi connectivity index (χ2v) is 6.47. The molecule has 0 saturated carbocycles. The highest BCUT2D eigenvalue weighted by Gasteiger charge is 2.43. The van der Waals surface area contributed by atoms with Crippen molar-refractivity contribution in [1.82, 2.24) is 0 Å². The highest BCUT2D eigenvalue weighted by molar-refractivity contribution is 7.09. The molecule has 0 radical (unpaired) electrons. The Morgan fingerprint density at radius 3 is 2.12 bits per heavy atom. The van der Waals surface area contributed by atoms with Crippen LogP contribution >= 0.6 is 9.47 Å². The van der Waals surface area contributed by atoms with Gasteiger partial charge in [0.25, 0.3) is 0 Å². The lowest BCUT2D eigenvalue weighted by Crippen LogP contribution is -2.14. The Labute approximate surface area is 157 Å². The summed E-state index contributed by atoms with van der Waals surface area (Å²) in [5, 5.41) is 0. The van der Waals surface area contributed by atoms with Crippen molar-refractivity contribution in [1.29, 1.82) is 0 Å². The number of hydrogen-bond donors (Lipinski definition) is 0. The van der Waals surface area contributed by atoms with Crippen LogP contribution in [0, 0.1) is 0 Å². The second-order valence-electron chi connectivity index (χ2n) is 6.19. The summed E-state index contributed by atoms with van der Waals surface area (Å²) in [6, 6.07) is 0. The van der Waals surface area contributed by atoms with E-state index in [-0.39, 0.29) is 12.2 Å². The Morgan fingerprint density at radius 1 is 0.880 bits per heavy atom. The molecular weight excluding hydrogens is 327 g/mol. The van der Waals surface area contributed by atoms with Gasteiger partial charge in [-0.05, 0) is 38.5 Å². The van der Waals surface area contributed by atoms with Crippen LogP contribution in [0.2, 0.25) is 0 Å². The van der Waals surface area contributed by atoms with Crippen molar-refractivity contribution in [2.45, 2.75) is 77.1 Å². The van der Waals surface area contributed by atoms with Crippen LogP contribution in [0.5, 0.6) is 0 Å². The minimum atomic E-state index is 0.0354. The maximum Gasteiger partial charge on any atom is 0.114 e. The molecule has 1 fully saturated rings. The summed E-state index contributed by atoms with van der Waals surface area (Å²) in [6.07, 6.45) is 30.0. The summed E-state index contributed by atoms with van der Waals surface area (Å²) in [4.78, 5) is 0. The Hall–Kier alpha value is -0.950. The van der Waals surface area contributed by atoms with Crippen LogP contribution in [0.15, 0.2) is 60.8 Å². The Kier molecular flexibility index (Phi) is 13.5. The molecule has 140 valence electrons. The van der Waals surface area contributed by atoms with Gasteiger partial charge >= 0.3 is 0 Å². The molecule has 0 N–H and O–H groups in total. The minimum Gasteiger partial charge on any atom is -0.366 e. The number of unbranched alkanes of at least 4 members (excludes halogenated alkanes) is 1. The standard InChI is InChI=1S/C22H35O2P/c1-3-5-7-8-9-10-11-12-13-14-15-17-19-21(24-25)22-20(23-22)18-16-6-4-2/h6-8,10-11,13-14,16-17,19-22H,3-5,9,12,15,18,25H2,1-2H3/b8-7-,11-10-,14-13-,16-6-,19-17-. The quantitative estimate of drug-likeness (QED) is 0.200. The average Bonchev–Trinajstić information content (AvgIpc) is 3.39. The Morgan fingerprint density at radius 2 is 1.52 bits per heavy atom.